The number of benzene rings is 1. The van der Waals surface area contributed by atoms with E-state index in [1.54, 1.807) is 24.3 Å². The van der Waals surface area contributed by atoms with Crippen LogP contribution in [0, 0.1) is 5.41 Å². The molecule has 0 saturated carbocycles. The number of nitrogens with zero attached hydrogens (tertiary/aromatic N) is 1. The van der Waals surface area contributed by atoms with E-state index in [2.05, 4.69) is 5.32 Å². The summed E-state index contributed by atoms with van der Waals surface area (Å²) >= 11 is 0. The number of hydrogen-bond acceptors (Lipinski definition) is 4. The average Bonchev–Trinajstić information content (AvgIpc) is 3.03. The van der Waals surface area contributed by atoms with Crippen molar-refractivity contribution in [3.63, 3.8) is 0 Å². The van der Waals surface area contributed by atoms with Crippen LogP contribution in [0.1, 0.15) is 43.0 Å². The molecule has 0 bridgehead atoms. The van der Waals surface area contributed by atoms with Gasteiger partial charge in [-0.3, -0.25) is 4.79 Å². The Morgan fingerprint density at radius 2 is 1.88 bits per heavy atom. The van der Waals surface area contributed by atoms with E-state index in [9.17, 15) is 13.2 Å². The molecule has 7 heteroatoms. The second-order valence-electron chi connectivity index (χ2n) is 7.03. The topological polar surface area (TPSA) is 66.5 Å². The van der Waals surface area contributed by atoms with Crippen molar-refractivity contribution < 1.29 is 13.2 Å². The minimum Gasteiger partial charge on any atom is -0.339 e. The van der Waals surface area contributed by atoms with Crippen molar-refractivity contribution in [2.45, 2.75) is 37.5 Å². The Morgan fingerprint density at radius 1 is 1.20 bits per heavy atom. The first kappa shape index (κ1) is 20.2. The molecule has 2 fully saturated rings. The molecule has 0 unspecified atom stereocenters. The van der Waals surface area contributed by atoms with E-state index in [1.165, 1.54) is 6.42 Å². The molecule has 0 radical (unpaired) electrons. The van der Waals surface area contributed by atoms with E-state index in [0.29, 0.717) is 30.5 Å². The van der Waals surface area contributed by atoms with Crippen LogP contribution in [0.15, 0.2) is 29.2 Å². The maximum Gasteiger partial charge on any atom is 0.255 e. The van der Waals surface area contributed by atoms with Crippen molar-refractivity contribution in [1.29, 1.82) is 0 Å². The zero-order chi connectivity index (χ0) is 17.2. The number of hydrogen-bond donors (Lipinski definition) is 1. The SMILES string of the molecule is CCCS(=O)(=O)c1ccccc1C(=O)N1CCC2(CCNC2)CC1.Cl. The molecule has 0 aromatic heterocycles. The molecule has 1 spiro atoms. The third kappa shape index (κ3) is 4.18. The first-order chi connectivity index (χ1) is 11.5. The number of amides is 1. The highest BCUT2D eigenvalue weighted by molar-refractivity contribution is 7.91. The number of piperidine rings is 1. The molecule has 25 heavy (non-hydrogen) atoms. The fraction of sp³-hybridized carbons (Fsp3) is 0.611. The van der Waals surface area contributed by atoms with Crippen molar-refractivity contribution in [1.82, 2.24) is 10.2 Å². The number of rotatable bonds is 4. The summed E-state index contributed by atoms with van der Waals surface area (Å²) in [6.07, 6.45) is 3.71. The monoisotopic (exact) mass is 386 g/mol. The summed E-state index contributed by atoms with van der Waals surface area (Å²) in [4.78, 5) is 14.9. The minimum atomic E-state index is -3.40. The van der Waals surface area contributed by atoms with Crippen LogP contribution in [-0.2, 0) is 9.84 Å². The van der Waals surface area contributed by atoms with Crippen LogP contribution >= 0.6 is 12.4 Å². The van der Waals surface area contributed by atoms with E-state index < -0.39 is 9.84 Å². The fourth-order valence-corrected chi connectivity index (χ4v) is 5.40. The van der Waals surface area contributed by atoms with Crippen LogP contribution in [0.4, 0.5) is 0 Å². The van der Waals surface area contributed by atoms with Gasteiger partial charge in [-0.25, -0.2) is 8.42 Å². The molecule has 1 amide bonds. The molecule has 2 saturated heterocycles. The predicted octanol–water partition coefficient (Wildman–Crippen LogP) is 2.51. The van der Waals surface area contributed by atoms with Gasteiger partial charge in [0.15, 0.2) is 9.84 Å². The van der Waals surface area contributed by atoms with Gasteiger partial charge in [0.05, 0.1) is 16.2 Å². The lowest BCUT2D eigenvalue weighted by Crippen LogP contribution is -2.44. The molecule has 1 aromatic rings. The van der Waals surface area contributed by atoms with Crippen LogP contribution in [-0.4, -0.2) is 51.2 Å². The summed E-state index contributed by atoms with van der Waals surface area (Å²) in [5.74, 6) is -0.0717. The predicted molar refractivity (Wildman–Crippen MR) is 101 cm³/mol. The van der Waals surface area contributed by atoms with Gasteiger partial charge >= 0.3 is 0 Å². The number of carbonyl (C=O) groups is 1. The van der Waals surface area contributed by atoms with Crippen LogP contribution < -0.4 is 5.32 Å². The maximum atomic E-state index is 12.9. The number of halogens is 1. The molecular weight excluding hydrogens is 360 g/mol. The molecular formula is C18H27ClN2O3S. The van der Waals surface area contributed by atoms with Crippen molar-refractivity contribution in [3.05, 3.63) is 29.8 Å². The standard InChI is InChI=1S/C18H26N2O3S.ClH/c1-2-13-24(22,23)16-6-4-3-5-15(16)17(21)20-11-8-18(9-12-20)7-10-19-14-18;/h3-6,19H,2,7-14H2,1H3;1H. The Balaban J connectivity index is 0.00000225. The van der Waals surface area contributed by atoms with Gasteiger partial charge in [-0.2, -0.15) is 0 Å². The molecule has 0 atom stereocenters. The first-order valence-electron chi connectivity index (χ1n) is 8.79. The molecule has 2 aliphatic rings. The second kappa shape index (κ2) is 8.06. The maximum absolute atomic E-state index is 12.9. The van der Waals surface area contributed by atoms with Gasteiger partial charge in [-0.15, -0.1) is 12.4 Å². The number of carbonyl (C=O) groups excluding carboxylic acids is 1. The van der Waals surface area contributed by atoms with Gasteiger partial charge in [-0.05, 0) is 49.8 Å². The Bertz CT molecular complexity index is 705. The van der Waals surface area contributed by atoms with Gasteiger partial charge in [0.25, 0.3) is 5.91 Å². The lowest BCUT2D eigenvalue weighted by Gasteiger charge is -2.39. The van der Waals surface area contributed by atoms with E-state index in [0.717, 1.165) is 25.9 Å². The first-order valence-corrected chi connectivity index (χ1v) is 10.4. The van der Waals surface area contributed by atoms with Crippen molar-refractivity contribution in [3.8, 4) is 0 Å². The quantitative estimate of drug-likeness (QED) is 0.863. The Morgan fingerprint density at radius 3 is 2.48 bits per heavy atom. The van der Waals surface area contributed by atoms with E-state index in [1.807, 2.05) is 11.8 Å². The van der Waals surface area contributed by atoms with Crippen LogP contribution in [0.3, 0.4) is 0 Å². The fourth-order valence-electron chi connectivity index (χ4n) is 3.87. The summed E-state index contributed by atoms with van der Waals surface area (Å²) in [5, 5.41) is 3.42. The van der Waals surface area contributed by atoms with Gasteiger partial charge < -0.3 is 10.2 Å². The Kier molecular flexibility index (Phi) is 6.51. The molecule has 3 rings (SSSR count). The van der Waals surface area contributed by atoms with E-state index in [-0.39, 0.29) is 29.0 Å². The number of sulfone groups is 1. The summed E-state index contributed by atoms with van der Waals surface area (Å²) < 4.78 is 24.9. The largest absolute Gasteiger partial charge is 0.339 e. The molecule has 2 aliphatic heterocycles. The minimum absolute atomic E-state index is 0. The Labute approximate surface area is 156 Å². The Hall–Kier alpha value is -1.11. The number of nitrogens with one attached hydrogen (secondary N) is 1. The average molecular weight is 387 g/mol. The van der Waals surface area contributed by atoms with Crippen molar-refractivity contribution in [2.24, 2.45) is 5.41 Å². The van der Waals surface area contributed by atoms with Crippen LogP contribution in [0.5, 0.6) is 0 Å². The highest BCUT2D eigenvalue weighted by Gasteiger charge is 2.38. The van der Waals surface area contributed by atoms with E-state index >= 15 is 0 Å². The summed E-state index contributed by atoms with van der Waals surface area (Å²) in [6.45, 7) is 5.36. The molecule has 1 aromatic carbocycles. The lowest BCUT2D eigenvalue weighted by atomic mass is 9.78. The summed E-state index contributed by atoms with van der Waals surface area (Å²) in [6, 6.07) is 6.64. The zero-order valence-corrected chi connectivity index (χ0v) is 16.3. The van der Waals surface area contributed by atoms with Gasteiger partial charge in [-0.1, -0.05) is 19.1 Å². The highest BCUT2D eigenvalue weighted by atomic mass is 35.5. The molecule has 5 nitrogen and oxygen atoms in total. The second-order valence-corrected chi connectivity index (χ2v) is 9.11. The van der Waals surface area contributed by atoms with Crippen LogP contribution in [0.2, 0.25) is 0 Å². The summed E-state index contributed by atoms with van der Waals surface area (Å²) in [5.41, 5.74) is 0.663. The highest BCUT2D eigenvalue weighted by Crippen LogP contribution is 2.37. The molecule has 0 aliphatic carbocycles. The van der Waals surface area contributed by atoms with Crippen LogP contribution in [0.25, 0.3) is 0 Å². The zero-order valence-electron chi connectivity index (χ0n) is 14.7. The third-order valence-corrected chi connectivity index (χ3v) is 7.34. The molecule has 2 heterocycles. The molecule has 1 N–H and O–H groups in total. The van der Waals surface area contributed by atoms with Crippen molar-refractivity contribution in [2.75, 3.05) is 31.9 Å². The lowest BCUT2D eigenvalue weighted by molar-refractivity contribution is 0.0604. The van der Waals surface area contributed by atoms with Gasteiger partial charge in [0.2, 0.25) is 0 Å². The number of likely N-dealkylation sites (tertiary alicyclic amines) is 1. The van der Waals surface area contributed by atoms with E-state index in [4.69, 9.17) is 0 Å². The smallest absolute Gasteiger partial charge is 0.255 e. The summed E-state index contributed by atoms with van der Waals surface area (Å²) in [7, 11) is -3.40. The molecule has 140 valence electrons. The van der Waals surface area contributed by atoms with Gasteiger partial charge in [0.1, 0.15) is 0 Å². The van der Waals surface area contributed by atoms with Crippen molar-refractivity contribution >= 4 is 28.2 Å². The van der Waals surface area contributed by atoms with Gasteiger partial charge in [0, 0.05) is 19.6 Å². The normalized spacial score (nSPS) is 19.6. The third-order valence-electron chi connectivity index (χ3n) is 5.37.